The number of rotatable bonds is 26. The highest BCUT2D eigenvalue weighted by Crippen LogP contribution is 2.26. The molecule has 4 heterocycles. The molecule has 0 bridgehead atoms. The lowest BCUT2D eigenvalue weighted by Gasteiger charge is -2.39. The molecule has 2 fully saturated rings. The summed E-state index contributed by atoms with van der Waals surface area (Å²) < 4.78 is 6.76. The lowest BCUT2D eigenvalue weighted by atomic mass is 9.94. The first-order valence-electron chi connectivity index (χ1n) is 33.2. The molecule has 2 aliphatic heterocycles. The van der Waals surface area contributed by atoms with Crippen molar-refractivity contribution >= 4 is 75.3 Å². The van der Waals surface area contributed by atoms with Gasteiger partial charge in [-0.1, -0.05) is 133 Å². The largest absolute Gasteiger partial charge is 0.445 e. The molecule has 0 spiro atoms. The second-order valence-electron chi connectivity index (χ2n) is 23.8. The van der Waals surface area contributed by atoms with Gasteiger partial charge in [0.05, 0.1) is 16.9 Å². The van der Waals surface area contributed by atoms with Gasteiger partial charge in [-0.3, -0.25) is 38.5 Å². The second-order valence-corrected chi connectivity index (χ2v) is 23.8. The number of para-hydroxylation sites is 3. The van der Waals surface area contributed by atoms with Crippen molar-refractivity contribution in [1.82, 2.24) is 35.9 Å². The van der Waals surface area contributed by atoms with Crippen LogP contribution in [0.3, 0.4) is 0 Å². The third-order valence-electron chi connectivity index (χ3n) is 16.9. The summed E-state index contributed by atoms with van der Waals surface area (Å²) in [6, 6.07) is 32.6. The Morgan fingerprint density at radius 2 is 1.37 bits per heavy atom. The molecule has 6 amide bonds. The predicted octanol–water partition coefficient (Wildman–Crippen LogP) is 11.5. The van der Waals surface area contributed by atoms with Gasteiger partial charge in [-0.25, -0.2) is 4.79 Å². The van der Waals surface area contributed by atoms with Gasteiger partial charge in [0.15, 0.2) is 0 Å². The van der Waals surface area contributed by atoms with E-state index in [-0.39, 0.29) is 48.2 Å². The molecular weight excluding hydrogens is 1190 g/mol. The number of fused-ring (bicyclic) bond motifs is 2. The van der Waals surface area contributed by atoms with Gasteiger partial charge in [-0.05, 0) is 131 Å². The molecule has 2 aromatic heterocycles. The van der Waals surface area contributed by atoms with Gasteiger partial charge in [0.25, 0.3) is 5.91 Å². The number of hydrogen-bond donors (Lipinski definition) is 6. The minimum absolute atomic E-state index is 0.155. The number of nitrogens with one attached hydrogen (secondary N) is 6. The van der Waals surface area contributed by atoms with E-state index in [4.69, 9.17) is 9.57 Å². The third-order valence-corrected chi connectivity index (χ3v) is 16.9. The van der Waals surface area contributed by atoms with Crippen molar-refractivity contribution in [2.75, 3.05) is 31.3 Å². The summed E-state index contributed by atoms with van der Waals surface area (Å²) >= 11 is 0. The number of nitrogens with zero attached hydrogens (tertiary/aromatic N) is 3. The first-order valence-corrected chi connectivity index (χ1v) is 33.2. The van der Waals surface area contributed by atoms with Crippen molar-refractivity contribution in [3.05, 3.63) is 162 Å². The Bertz CT molecular complexity index is 3370. The fourth-order valence-electron chi connectivity index (χ4n) is 11.1. The van der Waals surface area contributed by atoms with Crippen LogP contribution in [0.5, 0.6) is 0 Å². The van der Waals surface area contributed by atoms with Crippen LogP contribution in [0.4, 0.5) is 16.2 Å². The molecule has 2 unspecified atom stereocenters. The standard InChI is InChI=1S/C34H49N5O6.C22H22N4O3.C11H14O.C7H14O/c1-5-22(3)30-33(43)36-27(20-23-21-39(45-4)28-17-11-10-15-25(23)28)31(41)35-26(16-9-7-8-14-24(40)6-2)34(44)38-19-13-12-18-29(38)32(42)37-30;1-23-19-6-2-3-7-20(19)26-21(27)18-10-8-16(9-11-18)14-25-22(28)29-15-17-5-4-12-24-13-17;1-10(12)6-5-9-11-7-3-2-4-8-11;1-4-7(5-2)6(3)8/h10-11,15,17,21-22,26-27,29-30H,5-9,12-14,16,18-20H2,1-4H3,(H,35,41)(H,36,43)(H,37,42);2-13,23H,14-15H2,1H3,(H,25,28)(H,26,27);2-4,7-8H,5-6,9H2,1H3;7H,4-5H2,1-3H3/t22?,26-,27?,29-,30-;;;/m0.../s1. The Hall–Kier alpha value is -9.20. The summed E-state index contributed by atoms with van der Waals surface area (Å²) in [5.41, 5.74) is 6.69. The van der Waals surface area contributed by atoms with Crippen LogP contribution < -0.4 is 36.7 Å². The van der Waals surface area contributed by atoms with E-state index in [9.17, 15) is 43.2 Å². The van der Waals surface area contributed by atoms with Crippen LogP contribution in [0.15, 0.2) is 134 Å². The minimum Gasteiger partial charge on any atom is -0.445 e. The maximum absolute atomic E-state index is 14.1. The molecule has 0 saturated carbocycles. The van der Waals surface area contributed by atoms with Gasteiger partial charge in [-0.15, -0.1) is 0 Å². The maximum atomic E-state index is 14.1. The molecule has 506 valence electrons. The number of alkyl carbamates (subject to hydrolysis) is 1. The number of unbranched alkanes of at least 4 members (excludes halogenated alkanes) is 2. The Morgan fingerprint density at radius 3 is 2.01 bits per heavy atom. The number of hydrogen-bond acceptors (Lipinski definition) is 13. The van der Waals surface area contributed by atoms with Gasteiger partial charge in [0, 0.05) is 86.8 Å². The quantitative estimate of drug-likeness (QED) is 0.0276. The van der Waals surface area contributed by atoms with Crippen molar-refractivity contribution in [3.8, 4) is 0 Å². The van der Waals surface area contributed by atoms with Crippen LogP contribution in [0, 0.1) is 11.8 Å². The van der Waals surface area contributed by atoms with Gasteiger partial charge in [0.2, 0.25) is 23.6 Å². The highest BCUT2D eigenvalue weighted by Gasteiger charge is 2.40. The molecular formula is C74H99N9O11. The van der Waals surface area contributed by atoms with Gasteiger partial charge >= 0.3 is 6.09 Å². The van der Waals surface area contributed by atoms with Crippen LogP contribution in [-0.2, 0) is 64.3 Å². The molecule has 2 saturated heterocycles. The van der Waals surface area contributed by atoms with Crippen molar-refractivity contribution in [3.63, 3.8) is 0 Å². The number of amides is 6. The zero-order chi connectivity index (χ0) is 68.4. The minimum atomic E-state index is -1.01. The van der Waals surface area contributed by atoms with Crippen LogP contribution in [-0.4, -0.2) is 112 Å². The van der Waals surface area contributed by atoms with E-state index >= 15 is 0 Å². The van der Waals surface area contributed by atoms with Gasteiger partial charge < -0.3 is 51.2 Å². The lowest BCUT2D eigenvalue weighted by Crippen LogP contribution is -2.64. The number of carbonyl (C=O) groups excluding carboxylic acids is 9. The maximum Gasteiger partial charge on any atom is 0.407 e. The molecule has 4 aromatic carbocycles. The van der Waals surface area contributed by atoms with Crippen LogP contribution >= 0.6 is 0 Å². The Kier molecular flexibility index (Phi) is 32.7. The molecule has 6 N–H and O–H groups in total. The third kappa shape index (κ3) is 24.7. The van der Waals surface area contributed by atoms with Crippen LogP contribution in [0.25, 0.3) is 10.9 Å². The first kappa shape index (κ1) is 75.5. The van der Waals surface area contributed by atoms with E-state index < -0.39 is 42.1 Å². The highest BCUT2D eigenvalue weighted by atomic mass is 16.6. The van der Waals surface area contributed by atoms with Crippen molar-refractivity contribution in [2.45, 2.75) is 189 Å². The first-order chi connectivity index (χ1) is 45.3. The number of carbonyl (C=O) groups is 9. The van der Waals surface area contributed by atoms with E-state index in [0.717, 1.165) is 84.6 Å². The molecule has 8 rings (SSSR count). The topological polar surface area (TPSA) is 265 Å². The number of Topliss-reactive ketones (excluding diaryl/α,β-unsaturated/α-hetero) is 3. The number of anilines is 2. The fourth-order valence-corrected chi connectivity index (χ4v) is 11.1. The number of benzene rings is 4. The summed E-state index contributed by atoms with van der Waals surface area (Å²) in [7, 11) is 3.36. The SMILES string of the molecule is CC(=O)CCCc1ccccc1.CCC(=O)CCCCC[C@@H]1NC(=O)C(Cc2cn(OC)c3ccccc23)NC(=O)[C@H](C(C)CC)NC(=O)[C@@H]2CCCCN2C1=O.CCC(CC)C(C)=O.CNc1ccccc1NC(=O)c1ccc(CNC(=O)OCc2cccnc2)cc1. The summed E-state index contributed by atoms with van der Waals surface area (Å²) in [6.07, 6.45) is 15.6. The van der Waals surface area contributed by atoms with Gasteiger partial charge in [0.1, 0.15) is 55.2 Å². The molecule has 20 heteroatoms. The number of aryl methyl sites for hydroxylation is 1. The smallest absolute Gasteiger partial charge is 0.407 e. The second kappa shape index (κ2) is 40.7. The number of ether oxygens (including phenoxy) is 1. The van der Waals surface area contributed by atoms with Crippen molar-refractivity contribution < 1.29 is 52.7 Å². The zero-order valence-electron chi connectivity index (χ0n) is 56.4. The Balaban J connectivity index is 0.000000275. The fraction of sp³-hybridized carbons (Fsp3) is 0.459. The summed E-state index contributed by atoms with van der Waals surface area (Å²) in [6.45, 7) is 14.0. The summed E-state index contributed by atoms with van der Waals surface area (Å²) in [5, 5.41) is 18.4. The molecule has 2 aliphatic rings. The molecule has 94 heavy (non-hydrogen) atoms. The average molecular weight is 1290 g/mol. The summed E-state index contributed by atoms with van der Waals surface area (Å²) in [4.78, 5) is 124. The number of aromatic nitrogens is 2. The molecule has 20 nitrogen and oxygen atoms in total. The molecule has 6 aromatic rings. The molecule has 0 radical (unpaired) electrons. The van der Waals surface area contributed by atoms with E-state index in [1.165, 1.54) is 5.56 Å². The Labute approximate surface area is 554 Å². The zero-order valence-corrected chi connectivity index (χ0v) is 56.4. The summed E-state index contributed by atoms with van der Waals surface area (Å²) in [5.74, 6) is -0.784. The monoisotopic (exact) mass is 1290 g/mol. The number of ketones is 3. The van der Waals surface area contributed by atoms with Crippen molar-refractivity contribution in [2.24, 2.45) is 11.8 Å². The highest BCUT2D eigenvalue weighted by molar-refractivity contribution is 6.06. The molecule has 0 aliphatic carbocycles. The van der Waals surface area contributed by atoms with Gasteiger partial charge in [-0.2, -0.15) is 4.73 Å². The van der Waals surface area contributed by atoms with E-state index in [1.807, 2.05) is 93.6 Å². The molecule has 5 atom stereocenters. The van der Waals surface area contributed by atoms with Crippen LogP contribution in [0.2, 0.25) is 0 Å². The van der Waals surface area contributed by atoms with E-state index in [2.05, 4.69) is 62.9 Å². The van der Waals surface area contributed by atoms with E-state index in [0.29, 0.717) is 81.0 Å². The number of pyridine rings is 1. The van der Waals surface area contributed by atoms with E-state index in [1.54, 1.807) is 86.6 Å². The van der Waals surface area contributed by atoms with Crippen molar-refractivity contribution in [1.29, 1.82) is 0 Å². The number of piperidine rings is 1. The predicted molar refractivity (Wildman–Crippen MR) is 368 cm³/mol. The lowest BCUT2D eigenvalue weighted by molar-refractivity contribution is -0.147. The Morgan fingerprint density at radius 1 is 0.691 bits per heavy atom. The normalized spacial score (nSPS) is 16.6. The van der Waals surface area contributed by atoms with Crippen LogP contribution in [0.1, 0.15) is 171 Å². The average Bonchev–Trinajstić information content (AvgIpc) is 1.55.